The molecule has 0 heterocycles. The highest BCUT2D eigenvalue weighted by Crippen LogP contribution is 2.25. The molecule has 1 atom stereocenters. The van der Waals surface area contributed by atoms with Crippen LogP contribution in [0.15, 0.2) is 47.4 Å². The summed E-state index contributed by atoms with van der Waals surface area (Å²) in [5, 5.41) is 11.9. The zero-order chi connectivity index (χ0) is 15.2. The molecule has 2 aromatic carbocycles. The first-order valence-corrected chi connectivity index (χ1v) is 7.71. The zero-order valence-corrected chi connectivity index (χ0v) is 12.9. The van der Waals surface area contributed by atoms with Crippen LogP contribution in [0.5, 0.6) is 0 Å². The fourth-order valence-electron chi connectivity index (χ4n) is 1.91. The maximum Gasteiger partial charge on any atom is 0.128 e. The van der Waals surface area contributed by atoms with Gasteiger partial charge in [0.1, 0.15) is 5.82 Å². The lowest BCUT2D eigenvalue weighted by Gasteiger charge is -2.11. The van der Waals surface area contributed by atoms with Gasteiger partial charge in [-0.2, -0.15) is 5.26 Å². The monoisotopic (exact) mass is 300 g/mol. The molecule has 21 heavy (non-hydrogen) atoms. The molecule has 0 bridgehead atoms. The lowest BCUT2D eigenvalue weighted by Crippen LogP contribution is -2.11. The van der Waals surface area contributed by atoms with E-state index >= 15 is 0 Å². The van der Waals surface area contributed by atoms with Crippen LogP contribution in [0.4, 0.5) is 4.39 Å². The molecule has 2 nitrogen and oxygen atoms in total. The summed E-state index contributed by atoms with van der Waals surface area (Å²) in [7, 11) is 1.93. The van der Waals surface area contributed by atoms with Crippen molar-refractivity contribution < 1.29 is 4.39 Å². The second kappa shape index (κ2) is 7.26. The molecular weight excluding hydrogens is 283 g/mol. The average molecular weight is 300 g/mol. The molecule has 1 N–H and O–H groups in total. The molecule has 0 aromatic heterocycles. The molecule has 0 radical (unpaired) electrons. The molecule has 108 valence electrons. The van der Waals surface area contributed by atoms with Gasteiger partial charge in [-0.25, -0.2) is 4.39 Å². The van der Waals surface area contributed by atoms with Crippen molar-refractivity contribution in [2.75, 3.05) is 7.05 Å². The molecule has 0 aliphatic rings. The van der Waals surface area contributed by atoms with Crippen molar-refractivity contribution in [1.82, 2.24) is 5.32 Å². The van der Waals surface area contributed by atoms with Crippen LogP contribution in [0.1, 0.15) is 29.7 Å². The quantitative estimate of drug-likeness (QED) is 0.838. The van der Waals surface area contributed by atoms with Gasteiger partial charge in [0.15, 0.2) is 0 Å². The van der Waals surface area contributed by atoms with Gasteiger partial charge in [0.05, 0.1) is 11.6 Å². The third kappa shape index (κ3) is 4.07. The summed E-state index contributed by atoms with van der Waals surface area (Å²) in [6, 6.07) is 15.1. The molecule has 2 rings (SSSR count). The van der Waals surface area contributed by atoms with Gasteiger partial charge >= 0.3 is 0 Å². The standard InChI is InChI=1S/C17H17FN2S/c1-12(20-2)14-5-7-16(8-6-14)21-11-15-4-3-13(10-19)9-17(15)18/h3-9,12,20H,11H2,1-2H3. The molecule has 0 saturated carbocycles. The predicted octanol–water partition coefficient (Wildman–Crippen LogP) is 4.27. The van der Waals surface area contributed by atoms with E-state index in [9.17, 15) is 4.39 Å². The summed E-state index contributed by atoms with van der Waals surface area (Å²) >= 11 is 1.59. The fraction of sp³-hybridized carbons (Fsp3) is 0.235. The van der Waals surface area contributed by atoms with Crippen molar-refractivity contribution >= 4 is 11.8 Å². The Hall–Kier alpha value is -1.83. The van der Waals surface area contributed by atoms with Gasteiger partial charge in [0.2, 0.25) is 0 Å². The van der Waals surface area contributed by atoms with Gasteiger partial charge in [-0.3, -0.25) is 0 Å². The molecule has 0 saturated heterocycles. The Morgan fingerprint density at radius 3 is 2.52 bits per heavy atom. The van der Waals surface area contributed by atoms with Crippen molar-refractivity contribution in [1.29, 1.82) is 5.26 Å². The molecule has 4 heteroatoms. The highest BCUT2D eigenvalue weighted by Gasteiger charge is 2.06. The van der Waals surface area contributed by atoms with Crippen LogP contribution in [-0.4, -0.2) is 7.05 Å². The SMILES string of the molecule is CNC(C)c1ccc(SCc2ccc(C#N)cc2F)cc1. The predicted molar refractivity (Wildman–Crippen MR) is 84.6 cm³/mol. The minimum atomic E-state index is -0.318. The van der Waals surface area contributed by atoms with Gasteiger partial charge in [-0.15, -0.1) is 11.8 Å². The number of thioether (sulfide) groups is 1. The van der Waals surface area contributed by atoms with Crippen LogP contribution < -0.4 is 5.32 Å². The number of halogens is 1. The van der Waals surface area contributed by atoms with Gasteiger partial charge in [0, 0.05) is 16.7 Å². The Morgan fingerprint density at radius 1 is 1.24 bits per heavy atom. The Labute approximate surface area is 129 Å². The van der Waals surface area contributed by atoms with Crippen molar-refractivity contribution in [2.45, 2.75) is 23.6 Å². The molecule has 0 aliphatic heterocycles. The van der Waals surface area contributed by atoms with Gasteiger partial charge in [-0.1, -0.05) is 18.2 Å². The molecule has 0 fully saturated rings. The lowest BCUT2D eigenvalue weighted by molar-refractivity contribution is 0.617. The van der Waals surface area contributed by atoms with Crippen molar-refractivity contribution in [3.8, 4) is 6.07 Å². The highest BCUT2D eigenvalue weighted by molar-refractivity contribution is 7.98. The summed E-state index contributed by atoms with van der Waals surface area (Å²) in [4.78, 5) is 1.10. The van der Waals surface area contributed by atoms with Crippen molar-refractivity contribution in [3.63, 3.8) is 0 Å². The molecule has 0 amide bonds. The van der Waals surface area contributed by atoms with Crippen LogP contribution in [-0.2, 0) is 5.75 Å². The number of nitrogens with zero attached hydrogens (tertiary/aromatic N) is 1. The third-order valence-electron chi connectivity index (χ3n) is 3.39. The summed E-state index contributed by atoms with van der Waals surface area (Å²) < 4.78 is 13.8. The maximum atomic E-state index is 13.8. The molecule has 1 unspecified atom stereocenters. The second-order valence-electron chi connectivity index (χ2n) is 4.79. The topological polar surface area (TPSA) is 35.8 Å². The fourth-order valence-corrected chi connectivity index (χ4v) is 2.80. The Balaban J connectivity index is 2.02. The third-order valence-corrected chi connectivity index (χ3v) is 4.45. The van der Waals surface area contributed by atoms with E-state index in [4.69, 9.17) is 5.26 Å². The van der Waals surface area contributed by atoms with E-state index in [2.05, 4.69) is 36.5 Å². The number of nitriles is 1. The molecule has 0 aliphatic carbocycles. The molecule has 0 spiro atoms. The normalized spacial score (nSPS) is 11.9. The largest absolute Gasteiger partial charge is 0.313 e. The highest BCUT2D eigenvalue weighted by atomic mass is 32.2. The van der Waals surface area contributed by atoms with Crippen molar-refractivity contribution in [3.05, 3.63) is 65.0 Å². The number of hydrogen-bond acceptors (Lipinski definition) is 3. The average Bonchev–Trinajstić information content (AvgIpc) is 2.53. The minimum Gasteiger partial charge on any atom is -0.313 e. The number of hydrogen-bond donors (Lipinski definition) is 1. The Morgan fingerprint density at radius 2 is 1.95 bits per heavy atom. The van der Waals surface area contributed by atoms with Gasteiger partial charge < -0.3 is 5.32 Å². The van der Waals surface area contributed by atoms with E-state index in [1.54, 1.807) is 23.9 Å². The lowest BCUT2D eigenvalue weighted by atomic mass is 10.1. The second-order valence-corrected chi connectivity index (χ2v) is 5.83. The van der Waals surface area contributed by atoms with E-state index in [1.807, 2.05) is 13.1 Å². The smallest absolute Gasteiger partial charge is 0.128 e. The van der Waals surface area contributed by atoms with Crippen LogP contribution in [0.3, 0.4) is 0 Å². The van der Waals surface area contributed by atoms with E-state index < -0.39 is 0 Å². The van der Waals surface area contributed by atoms with E-state index in [-0.39, 0.29) is 5.82 Å². The Kier molecular flexibility index (Phi) is 5.38. The van der Waals surface area contributed by atoms with E-state index in [0.717, 1.165) is 4.90 Å². The molecular formula is C17H17FN2S. The number of nitrogens with one attached hydrogen (secondary N) is 1. The van der Waals surface area contributed by atoms with Crippen molar-refractivity contribution in [2.24, 2.45) is 0 Å². The van der Waals surface area contributed by atoms with Gasteiger partial charge in [0.25, 0.3) is 0 Å². The minimum absolute atomic E-state index is 0.318. The first-order valence-electron chi connectivity index (χ1n) is 6.72. The van der Waals surface area contributed by atoms with E-state index in [0.29, 0.717) is 22.9 Å². The van der Waals surface area contributed by atoms with Crippen LogP contribution in [0.2, 0.25) is 0 Å². The first-order chi connectivity index (χ1) is 10.1. The van der Waals surface area contributed by atoms with Gasteiger partial charge in [-0.05, 0) is 49.4 Å². The van der Waals surface area contributed by atoms with Crippen LogP contribution in [0, 0.1) is 17.1 Å². The first kappa shape index (κ1) is 15.6. The summed E-state index contributed by atoms with van der Waals surface area (Å²) in [5.74, 6) is 0.236. The zero-order valence-electron chi connectivity index (χ0n) is 12.1. The summed E-state index contributed by atoms with van der Waals surface area (Å²) in [6.07, 6.45) is 0. The van der Waals surface area contributed by atoms with Crippen LogP contribution >= 0.6 is 11.8 Å². The summed E-state index contributed by atoms with van der Waals surface area (Å²) in [5.41, 5.74) is 2.20. The number of benzene rings is 2. The summed E-state index contributed by atoms with van der Waals surface area (Å²) in [6.45, 7) is 2.11. The maximum absolute atomic E-state index is 13.8. The van der Waals surface area contributed by atoms with Crippen LogP contribution in [0.25, 0.3) is 0 Å². The Bertz CT molecular complexity index is 647. The number of rotatable bonds is 5. The molecule has 2 aromatic rings. The van der Waals surface area contributed by atoms with E-state index in [1.165, 1.54) is 11.6 Å².